The molecule has 0 aliphatic carbocycles. The Bertz CT molecular complexity index is 1050. The van der Waals surface area contributed by atoms with Crippen LogP contribution in [0.1, 0.15) is 18.9 Å². The van der Waals surface area contributed by atoms with E-state index in [4.69, 9.17) is 16.3 Å². The first-order valence-corrected chi connectivity index (χ1v) is 11.1. The zero-order valence-corrected chi connectivity index (χ0v) is 17.7. The van der Waals surface area contributed by atoms with E-state index in [0.29, 0.717) is 22.3 Å². The number of amides is 1. The highest BCUT2D eigenvalue weighted by atomic mass is 35.5. The lowest BCUT2D eigenvalue weighted by atomic mass is 10.1. The van der Waals surface area contributed by atoms with Crippen LogP contribution in [0.3, 0.4) is 0 Å². The molecule has 3 aromatic rings. The molecule has 2 bridgehead atoms. The third kappa shape index (κ3) is 3.72. The van der Waals surface area contributed by atoms with Crippen molar-refractivity contribution in [3.05, 3.63) is 53.1 Å². The SMILES string of the molecule is CC(=O)N1C[C@@H]2C[C@H]1CN2CCc1ccc(Oc2nc3c(Cl)cccc3s2)cc1. The first-order valence-electron chi connectivity index (χ1n) is 9.90. The first-order chi connectivity index (χ1) is 14.1. The minimum absolute atomic E-state index is 0.211. The number of nitrogens with zero attached hydrogens (tertiary/aromatic N) is 3. The van der Waals surface area contributed by atoms with Crippen molar-refractivity contribution in [1.82, 2.24) is 14.8 Å². The summed E-state index contributed by atoms with van der Waals surface area (Å²) in [5, 5.41) is 1.25. The van der Waals surface area contributed by atoms with Gasteiger partial charge in [-0.05, 0) is 42.7 Å². The van der Waals surface area contributed by atoms with E-state index in [1.165, 1.54) is 16.9 Å². The molecule has 2 aromatic carbocycles. The summed E-state index contributed by atoms with van der Waals surface area (Å²) in [5.41, 5.74) is 2.07. The van der Waals surface area contributed by atoms with Gasteiger partial charge in [-0.25, -0.2) is 4.98 Å². The number of para-hydroxylation sites is 1. The zero-order valence-electron chi connectivity index (χ0n) is 16.2. The van der Waals surface area contributed by atoms with Crippen LogP contribution in [0.4, 0.5) is 0 Å². The molecule has 2 atom stereocenters. The number of hydrogen-bond acceptors (Lipinski definition) is 5. The number of thiazole rings is 1. The summed E-state index contributed by atoms with van der Waals surface area (Å²) in [6, 6.07) is 14.9. The smallest absolute Gasteiger partial charge is 0.279 e. The van der Waals surface area contributed by atoms with Crippen LogP contribution in [0.15, 0.2) is 42.5 Å². The van der Waals surface area contributed by atoms with Gasteiger partial charge in [-0.3, -0.25) is 9.69 Å². The summed E-state index contributed by atoms with van der Waals surface area (Å²) in [6.45, 7) is 4.60. The fourth-order valence-electron chi connectivity index (χ4n) is 4.44. The van der Waals surface area contributed by atoms with Gasteiger partial charge in [-0.2, -0.15) is 0 Å². The van der Waals surface area contributed by atoms with E-state index in [2.05, 4.69) is 22.0 Å². The van der Waals surface area contributed by atoms with Crippen LogP contribution in [0.2, 0.25) is 5.02 Å². The van der Waals surface area contributed by atoms with Crippen molar-refractivity contribution < 1.29 is 9.53 Å². The van der Waals surface area contributed by atoms with Gasteiger partial charge in [-0.1, -0.05) is 41.1 Å². The Morgan fingerprint density at radius 1 is 1.21 bits per heavy atom. The zero-order chi connectivity index (χ0) is 20.0. The molecular formula is C22H22ClN3O2S. The molecule has 0 N–H and O–H groups in total. The molecule has 0 radical (unpaired) electrons. The molecule has 1 aromatic heterocycles. The van der Waals surface area contributed by atoms with E-state index in [-0.39, 0.29) is 5.91 Å². The maximum Gasteiger partial charge on any atom is 0.279 e. The van der Waals surface area contributed by atoms with Crippen molar-refractivity contribution in [1.29, 1.82) is 0 Å². The number of carbonyl (C=O) groups excluding carboxylic acids is 1. The Morgan fingerprint density at radius 3 is 2.72 bits per heavy atom. The van der Waals surface area contributed by atoms with Gasteiger partial charge in [0, 0.05) is 38.6 Å². The highest BCUT2D eigenvalue weighted by Crippen LogP contribution is 2.35. The molecule has 0 saturated carbocycles. The maximum atomic E-state index is 11.6. The summed E-state index contributed by atoms with van der Waals surface area (Å²) in [5.74, 6) is 0.990. The number of hydrogen-bond donors (Lipinski definition) is 0. The molecule has 2 aliphatic heterocycles. The number of rotatable bonds is 5. The number of aromatic nitrogens is 1. The summed E-state index contributed by atoms with van der Waals surface area (Å²) in [4.78, 5) is 20.7. The third-order valence-corrected chi connectivity index (χ3v) is 7.13. The lowest BCUT2D eigenvalue weighted by Gasteiger charge is -2.33. The summed E-state index contributed by atoms with van der Waals surface area (Å²) in [7, 11) is 0. The molecule has 7 heteroatoms. The number of benzene rings is 2. The normalized spacial score (nSPS) is 21.2. The number of piperazine rings is 1. The molecule has 5 nitrogen and oxygen atoms in total. The minimum atomic E-state index is 0.211. The second-order valence-corrected chi connectivity index (χ2v) is 9.17. The van der Waals surface area contributed by atoms with Gasteiger partial charge in [0.05, 0.1) is 9.72 Å². The van der Waals surface area contributed by atoms with Crippen molar-refractivity contribution in [3.63, 3.8) is 0 Å². The molecule has 2 saturated heterocycles. The van der Waals surface area contributed by atoms with E-state index in [0.717, 1.165) is 48.4 Å². The van der Waals surface area contributed by atoms with Crippen molar-refractivity contribution in [3.8, 4) is 10.9 Å². The topological polar surface area (TPSA) is 45.7 Å². The Labute approximate surface area is 178 Å². The van der Waals surface area contributed by atoms with Crippen LogP contribution in [-0.4, -0.2) is 52.4 Å². The predicted molar refractivity (Wildman–Crippen MR) is 116 cm³/mol. The Morgan fingerprint density at radius 2 is 2.03 bits per heavy atom. The van der Waals surface area contributed by atoms with Gasteiger partial charge in [0.2, 0.25) is 5.91 Å². The molecule has 29 heavy (non-hydrogen) atoms. The molecule has 150 valence electrons. The van der Waals surface area contributed by atoms with Crippen LogP contribution < -0.4 is 4.74 Å². The molecule has 0 unspecified atom stereocenters. The average molecular weight is 428 g/mol. The van der Waals surface area contributed by atoms with Crippen molar-refractivity contribution in [2.45, 2.75) is 31.8 Å². The standard InChI is InChI=1S/C22H22ClN3O2S/c1-14(27)26-13-16-11-17(26)12-25(16)10-9-15-5-7-18(8-6-15)28-22-24-21-19(23)3-2-4-20(21)29-22/h2-8,16-17H,9-13H2,1H3/t16-,17-/m0/s1. The molecule has 1 amide bonds. The third-order valence-electron chi connectivity index (χ3n) is 5.92. The molecular weight excluding hydrogens is 406 g/mol. The van der Waals surface area contributed by atoms with E-state index in [1.807, 2.05) is 35.2 Å². The van der Waals surface area contributed by atoms with Crippen LogP contribution >= 0.6 is 22.9 Å². The predicted octanol–water partition coefficient (Wildman–Crippen LogP) is 4.59. The quantitative estimate of drug-likeness (QED) is 0.597. The van der Waals surface area contributed by atoms with Crippen molar-refractivity contribution in [2.24, 2.45) is 0 Å². The Kier molecular flexibility index (Phi) is 4.94. The highest BCUT2D eigenvalue weighted by molar-refractivity contribution is 7.20. The molecule has 5 rings (SSSR count). The van der Waals surface area contributed by atoms with Gasteiger partial charge >= 0.3 is 0 Å². The number of halogens is 1. The van der Waals surface area contributed by atoms with Crippen LogP contribution in [-0.2, 0) is 11.2 Å². The lowest BCUT2D eigenvalue weighted by molar-refractivity contribution is -0.131. The van der Waals surface area contributed by atoms with Crippen molar-refractivity contribution >= 4 is 39.1 Å². The summed E-state index contributed by atoms with van der Waals surface area (Å²) < 4.78 is 6.95. The largest absolute Gasteiger partial charge is 0.431 e. The second-order valence-electron chi connectivity index (χ2n) is 7.77. The van der Waals surface area contributed by atoms with Crippen LogP contribution in [0.25, 0.3) is 10.2 Å². The van der Waals surface area contributed by atoms with Crippen LogP contribution in [0.5, 0.6) is 10.9 Å². The highest BCUT2D eigenvalue weighted by Gasteiger charge is 2.43. The number of likely N-dealkylation sites (tertiary alicyclic amines) is 2. The Balaban J connectivity index is 1.18. The molecule has 3 heterocycles. The average Bonchev–Trinajstić information content (AvgIpc) is 3.41. The van der Waals surface area contributed by atoms with Crippen molar-refractivity contribution in [2.75, 3.05) is 19.6 Å². The Hall–Kier alpha value is -2.15. The van der Waals surface area contributed by atoms with Crippen LogP contribution in [0, 0.1) is 0 Å². The maximum absolute atomic E-state index is 11.6. The van der Waals surface area contributed by atoms with Gasteiger partial charge in [-0.15, -0.1) is 0 Å². The van der Waals surface area contributed by atoms with E-state index < -0.39 is 0 Å². The monoisotopic (exact) mass is 427 g/mol. The summed E-state index contributed by atoms with van der Waals surface area (Å²) in [6.07, 6.45) is 2.12. The molecule has 2 fully saturated rings. The van der Waals surface area contributed by atoms with E-state index >= 15 is 0 Å². The van der Waals surface area contributed by atoms with Gasteiger partial charge in [0.1, 0.15) is 11.3 Å². The fraction of sp³-hybridized carbons (Fsp3) is 0.364. The lowest BCUT2D eigenvalue weighted by Crippen LogP contribution is -2.48. The van der Waals surface area contributed by atoms with E-state index in [1.54, 1.807) is 6.92 Å². The number of ether oxygens (including phenoxy) is 1. The number of carbonyl (C=O) groups is 1. The molecule has 2 aliphatic rings. The summed E-state index contributed by atoms with van der Waals surface area (Å²) >= 11 is 7.69. The first kappa shape index (κ1) is 18.9. The van der Waals surface area contributed by atoms with Gasteiger partial charge in [0.15, 0.2) is 0 Å². The number of fused-ring (bicyclic) bond motifs is 3. The van der Waals surface area contributed by atoms with Gasteiger partial charge < -0.3 is 9.64 Å². The minimum Gasteiger partial charge on any atom is -0.431 e. The molecule has 0 spiro atoms. The fourth-order valence-corrected chi connectivity index (χ4v) is 5.58. The van der Waals surface area contributed by atoms with E-state index in [9.17, 15) is 4.79 Å². The van der Waals surface area contributed by atoms with Gasteiger partial charge in [0.25, 0.3) is 5.19 Å². The second kappa shape index (κ2) is 7.59.